The van der Waals surface area contributed by atoms with Crippen LogP contribution >= 0.6 is 0 Å². The molecule has 0 spiro atoms. The smallest absolute Gasteiger partial charge is 0.305 e. The van der Waals surface area contributed by atoms with Gasteiger partial charge in [-0.2, -0.15) is 0 Å². The summed E-state index contributed by atoms with van der Waals surface area (Å²) in [5.41, 5.74) is 6.71. The SMILES string of the molecule is COC(=O)CCCCC(=O)c1ccc(OC)cc1N. The van der Waals surface area contributed by atoms with Crippen LogP contribution in [0.1, 0.15) is 36.0 Å². The Morgan fingerprint density at radius 3 is 2.42 bits per heavy atom. The fourth-order valence-corrected chi connectivity index (χ4v) is 1.71. The Kier molecular flexibility index (Phi) is 5.85. The molecule has 104 valence electrons. The van der Waals surface area contributed by atoms with Crippen molar-refractivity contribution >= 4 is 17.4 Å². The monoisotopic (exact) mass is 265 g/mol. The number of Topliss-reactive ketones (excluding diaryl/α,β-unsaturated/α-hetero) is 1. The van der Waals surface area contributed by atoms with Crippen LogP contribution in [0.25, 0.3) is 0 Å². The van der Waals surface area contributed by atoms with Gasteiger partial charge in [0.1, 0.15) is 5.75 Å². The molecular weight excluding hydrogens is 246 g/mol. The zero-order chi connectivity index (χ0) is 14.3. The van der Waals surface area contributed by atoms with E-state index in [1.54, 1.807) is 25.3 Å². The van der Waals surface area contributed by atoms with Crippen molar-refractivity contribution in [2.45, 2.75) is 25.7 Å². The van der Waals surface area contributed by atoms with Crippen LogP contribution in [0.4, 0.5) is 5.69 Å². The first-order valence-electron chi connectivity index (χ1n) is 6.12. The van der Waals surface area contributed by atoms with E-state index in [-0.39, 0.29) is 11.8 Å². The molecule has 0 aromatic heterocycles. The largest absolute Gasteiger partial charge is 0.497 e. The highest BCUT2D eigenvalue weighted by Gasteiger charge is 2.10. The number of hydrogen-bond acceptors (Lipinski definition) is 5. The maximum Gasteiger partial charge on any atom is 0.305 e. The van der Waals surface area contributed by atoms with Crippen molar-refractivity contribution in [1.82, 2.24) is 0 Å². The molecule has 0 atom stereocenters. The predicted octanol–water partition coefficient (Wildman–Crippen LogP) is 2.19. The van der Waals surface area contributed by atoms with Crippen LogP contribution < -0.4 is 10.5 Å². The fourth-order valence-electron chi connectivity index (χ4n) is 1.71. The van der Waals surface area contributed by atoms with Crippen molar-refractivity contribution < 1.29 is 19.1 Å². The second-order valence-electron chi connectivity index (χ2n) is 4.16. The maximum absolute atomic E-state index is 11.9. The molecule has 0 amide bonds. The van der Waals surface area contributed by atoms with E-state index in [1.165, 1.54) is 7.11 Å². The lowest BCUT2D eigenvalue weighted by atomic mass is 10.0. The number of rotatable bonds is 7. The molecule has 0 aliphatic carbocycles. The number of hydrogen-bond donors (Lipinski definition) is 1. The van der Waals surface area contributed by atoms with Gasteiger partial charge in [-0.1, -0.05) is 0 Å². The van der Waals surface area contributed by atoms with Gasteiger partial charge in [0.2, 0.25) is 0 Å². The van der Waals surface area contributed by atoms with Crippen molar-refractivity contribution in [2.75, 3.05) is 20.0 Å². The third kappa shape index (κ3) is 4.62. The molecular formula is C14H19NO4. The lowest BCUT2D eigenvalue weighted by molar-refractivity contribution is -0.140. The number of carbonyl (C=O) groups is 2. The van der Waals surface area contributed by atoms with Crippen LogP contribution in [0.2, 0.25) is 0 Å². The molecule has 5 heteroatoms. The van der Waals surface area contributed by atoms with E-state index in [0.29, 0.717) is 42.7 Å². The summed E-state index contributed by atoms with van der Waals surface area (Å²) in [6.07, 6.45) is 1.98. The lowest BCUT2D eigenvalue weighted by Crippen LogP contribution is -2.05. The molecule has 1 aromatic rings. The third-order valence-electron chi connectivity index (χ3n) is 2.82. The van der Waals surface area contributed by atoms with Crippen LogP contribution in [0.3, 0.4) is 0 Å². The van der Waals surface area contributed by atoms with Gasteiger partial charge in [-0.3, -0.25) is 9.59 Å². The molecule has 5 nitrogen and oxygen atoms in total. The zero-order valence-electron chi connectivity index (χ0n) is 11.3. The van der Waals surface area contributed by atoms with E-state index in [1.807, 2.05) is 0 Å². The lowest BCUT2D eigenvalue weighted by Gasteiger charge is -2.07. The highest BCUT2D eigenvalue weighted by Crippen LogP contribution is 2.21. The van der Waals surface area contributed by atoms with E-state index < -0.39 is 0 Å². The fraction of sp³-hybridized carbons (Fsp3) is 0.429. The van der Waals surface area contributed by atoms with Crippen LogP contribution in [-0.4, -0.2) is 26.0 Å². The predicted molar refractivity (Wildman–Crippen MR) is 72.2 cm³/mol. The van der Waals surface area contributed by atoms with E-state index in [4.69, 9.17) is 10.5 Å². The maximum atomic E-state index is 11.9. The minimum atomic E-state index is -0.253. The van der Waals surface area contributed by atoms with Gasteiger partial charge in [0.15, 0.2) is 5.78 Å². The third-order valence-corrected chi connectivity index (χ3v) is 2.82. The van der Waals surface area contributed by atoms with Gasteiger partial charge in [-0.05, 0) is 25.0 Å². The Morgan fingerprint density at radius 1 is 1.16 bits per heavy atom. The first kappa shape index (κ1) is 15.0. The number of methoxy groups -OCH3 is 2. The van der Waals surface area contributed by atoms with Gasteiger partial charge in [0.25, 0.3) is 0 Å². The molecule has 0 saturated heterocycles. The molecule has 19 heavy (non-hydrogen) atoms. The number of carbonyl (C=O) groups excluding carboxylic acids is 2. The van der Waals surface area contributed by atoms with Crippen molar-refractivity contribution in [3.63, 3.8) is 0 Å². The minimum Gasteiger partial charge on any atom is -0.497 e. The summed E-state index contributed by atoms with van der Waals surface area (Å²) in [6, 6.07) is 5.00. The standard InChI is InChI=1S/C14H19NO4/c1-18-10-7-8-11(12(15)9-10)13(16)5-3-4-6-14(17)19-2/h7-9H,3-6,15H2,1-2H3. The van der Waals surface area contributed by atoms with E-state index >= 15 is 0 Å². The topological polar surface area (TPSA) is 78.6 Å². The van der Waals surface area contributed by atoms with E-state index in [0.717, 1.165) is 0 Å². The van der Waals surface area contributed by atoms with Crippen LogP contribution in [0.15, 0.2) is 18.2 Å². The van der Waals surface area contributed by atoms with Crippen LogP contribution in [0, 0.1) is 0 Å². The number of ether oxygens (including phenoxy) is 2. The highest BCUT2D eigenvalue weighted by atomic mass is 16.5. The number of esters is 1. The van der Waals surface area contributed by atoms with Crippen molar-refractivity contribution in [1.29, 1.82) is 0 Å². The van der Waals surface area contributed by atoms with Gasteiger partial charge in [0.05, 0.1) is 14.2 Å². The Morgan fingerprint density at radius 2 is 1.84 bits per heavy atom. The van der Waals surface area contributed by atoms with Gasteiger partial charge in [0, 0.05) is 30.2 Å². The second-order valence-corrected chi connectivity index (χ2v) is 4.16. The number of ketones is 1. The van der Waals surface area contributed by atoms with Crippen LogP contribution in [-0.2, 0) is 9.53 Å². The number of benzene rings is 1. The van der Waals surface area contributed by atoms with Crippen LogP contribution in [0.5, 0.6) is 5.75 Å². The first-order chi connectivity index (χ1) is 9.08. The molecule has 1 rings (SSSR count). The Balaban J connectivity index is 2.47. The molecule has 1 aromatic carbocycles. The second kappa shape index (κ2) is 7.41. The van der Waals surface area contributed by atoms with E-state index in [2.05, 4.69) is 4.74 Å². The summed E-state index contributed by atoms with van der Waals surface area (Å²) in [6.45, 7) is 0. The Labute approximate surface area is 112 Å². The quantitative estimate of drug-likeness (QED) is 0.354. The molecule has 0 radical (unpaired) electrons. The normalized spacial score (nSPS) is 10.0. The van der Waals surface area contributed by atoms with Gasteiger partial charge >= 0.3 is 5.97 Å². The number of anilines is 1. The molecule has 0 fully saturated rings. The zero-order valence-corrected chi connectivity index (χ0v) is 11.3. The van der Waals surface area contributed by atoms with Crippen molar-refractivity contribution in [3.8, 4) is 5.75 Å². The van der Waals surface area contributed by atoms with Gasteiger partial charge in [-0.15, -0.1) is 0 Å². The number of nitrogens with two attached hydrogens (primary N) is 1. The van der Waals surface area contributed by atoms with Crippen molar-refractivity contribution in [3.05, 3.63) is 23.8 Å². The van der Waals surface area contributed by atoms with Gasteiger partial charge < -0.3 is 15.2 Å². The molecule has 0 aliphatic rings. The number of nitrogen functional groups attached to an aromatic ring is 1. The molecule has 2 N–H and O–H groups in total. The summed E-state index contributed by atoms with van der Waals surface area (Å²) in [7, 11) is 2.90. The van der Waals surface area contributed by atoms with Gasteiger partial charge in [-0.25, -0.2) is 0 Å². The molecule has 0 heterocycles. The average Bonchev–Trinajstić information content (AvgIpc) is 2.42. The first-order valence-corrected chi connectivity index (χ1v) is 6.12. The molecule has 0 aliphatic heterocycles. The minimum absolute atomic E-state index is 0.0231. The summed E-state index contributed by atoms with van der Waals surface area (Å²) in [5, 5.41) is 0. The average molecular weight is 265 g/mol. The van der Waals surface area contributed by atoms with E-state index in [9.17, 15) is 9.59 Å². The molecule has 0 bridgehead atoms. The summed E-state index contributed by atoms with van der Waals surface area (Å²) < 4.78 is 9.55. The molecule has 0 unspecified atom stereocenters. The summed E-state index contributed by atoms with van der Waals surface area (Å²) in [5.74, 6) is 0.348. The Bertz CT molecular complexity index is 457. The highest BCUT2D eigenvalue weighted by molar-refractivity contribution is 6.00. The summed E-state index contributed by atoms with van der Waals surface area (Å²) in [4.78, 5) is 22.9. The molecule has 0 saturated carbocycles. The Hall–Kier alpha value is -2.04. The number of unbranched alkanes of at least 4 members (excludes halogenated alkanes) is 1. The van der Waals surface area contributed by atoms with Crippen molar-refractivity contribution in [2.24, 2.45) is 0 Å². The summed E-state index contributed by atoms with van der Waals surface area (Å²) >= 11 is 0.